The molecule has 1 aromatic rings. The minimum atomic E-state index is -0.714. The van der Waals surface area contributed by atoms with Crippen molar-refractivity contribution in [1.29, 1.82) is 0 Å². The van der Waals surface area contributed by atoms with Crippen molar-refractivity contribution in [3.63, 3.8) is 0 Å². The molecule has 3 N–H and O–H groups in total. The van der Waals surface area contributed by atoms with Crippen LogP contribution in [0.4, 0.5) is 4.39 Å². The van der Waals surface area contributed by atoms with Crippen molar-refractivity contribution in [3.8, 4) is 0 Å². The van der Waals surface area contributed by atoms with Crippen LogP contribution in [0.5, 0.6) is 0 Å². The number of hydrogen-bond donors (Lipinski definition) is 3. The van der Waals surface area contributed by atoms with Gasteiger partial charge >= 0.3 is 0 Å². The second-order valence-corrected chi connectivity index (χ2v) is 9.04. The third-order valence-corrected chi connectivity index (χ3v) is 5.95. The van der Waals surface area contributed by atoms with E-state index in [4.69, 9.17) is 0 Å². The van der Waals surface area contributed by atoms with Crippen LogP contribution in [0, 0.1) is 17.7 Å². The maximum atomic E-state index is 13.3. The van der Waals surface area contributed by atoms with Gasteiger partial charge in [-0.2, -0.15) is 0 Å². The minimum Gasteiger partial charge on any atom is -0.387 e. The Bertz CT molecular complexity index is 643. The zero-order valence-electron chi connectivity index (χ0n) is 16.9. The number of halogens is 2. The molecule has 0 radical (unpaired) electrons. The maximum absolute atomic E-state index is 13.3. The van der Waals surface area contributed by atoms with Crippen molar-refractivity contribution in [2.45, 2.75) is 76.5 Å². The first-order valence-corrected chi connectivity index (χ1v) is 10.3. The predicted molar refractivity (Wildman–Crippen MR) is 112 cm³/mol. The number of amides is 1. The molecule has 0 heterocycles. The zero-order chi connectivity index (χ0) is 19.4. The summed E-state index contributed by atoms with van der Waals surface area (Å²) >= 11 is 0. The van der Waals surface area contributed by atoms with Crippen LogP contribution in [-0.2, 0) is 4.79 Å². The zero-order valence-corrected chi connectivity index (χ0v) is 17.7. The molecular weight excluding hydrogens is 379 g/mol. The lowest BCUT2D eigenvalue weighted by molar-refractivity contribution is -0.123. The summed E-state index contributed by atoms with van der Waals surface area (Å²) in [6, 6.07) is 6.49. The van der Waals surface area contributed by atoms with Gasteiger partial charge in [-0.25, -0.2) is 4.39 Å². The van der Waals surface area contributed by atoms with Gasteiger partial charge in [0.1, 0.15) is 5.82 Å². The lowest BCUT2D eigenvalue weighted by Gasteiger charge is -2.36. The molecule has 1 aromatic carbocycles. The third kappa shape index (κ3) is 7.02. The highest BCUT2D eigenvalue weighted by Gasteiger charge is 2.33. The van der Waals surface area contributed by atoms with Crippen molar-refractivity contribution < 1.29 is 14.3 Å². The number of aliphatic hydroxyl groups is 1. The molecule has 6 heteroatoms. The predicted octanol–water partition coefficient (Wildman–Crippen LogP) is 4.12. The molecule has 158 valence electrons. The van der Waals surface area contributed by atoms with Gasteiger partial charge in [-0.1, -0.05) is 12.1 Å². The Morgan fingerprint density at radius 3 is 2.50 bits per heavy atom. The molecule has 0 aromatic heterocycles. The highest BCUT2D eigenvalue weighted by molar-refractivity contribution is 5.85. The van der Waals surface area contributed by atoms with Gasteiger partial charge in [-0.05, 0) is 82.4 Å². The molecule has 2 aliphatic rings. The second-order valence-electron chi connectivity index (χ2n) is 9.04. The Kier molecular flexibility index (Phi) is 8.29. The smallest absolute Gasteiger partial charge is 0.223 e. The largest absolute Gasteiger partial charge is 0.387 e. The topological polar surface area (TPSA) is 61.4 Å². The van der Waals surface area contributed by atoms with Gasteiger partial charge in [0.25, 0.3) is 0 Å². The van der Waals surface area contributed by atoms with Crippen molar-refractivity contribution in [2.75, 3.05) is 6.54 Å². The molecule has 2 aliphatic carbocycles. The Hall–Kier alpha value is -1.17. The van der Waals surface area contributed by atoms with E-state index in [-0.39, 0.29) is 35.6 Å². The fourth-order valence-corrected chi connectivity index (χ4v) is 4.17. The summed E-state index contributed by atoms with van der Waals surface area (Å²) < 4.78 is 13.3. The number of aliphatic hydroxyl groups excluding tert-OH is 1. The summed E-state index contributed by atoms with van der Waals surface area (Å²) in [6.45, 7) is 4.72. The number of β-amino-alcohol motifs (C(OH)–C–C–N with tert-alkyl or cyclic N) is 1. The van der Waals surface area contributed by atoms with Gasteiger partial charge in [0.2, 0.25) is 5.91 Å². The van der Waals surface area contributed by atoms with Gasteiger partial charge in [0.15, 0.2) is 0 Å². The Labute approximate surface area is 174 Å². The van der Waals surface area contributed by atoms with Crippen LogP contribution < -0.4 is 10.6 Å². The molecule has 0 unspecified atom stereocenters. The molecule has 0 spiro atoms. The molecule has 1 amide bonds. The highest BCUT2D eigenvalue weighted by Crippen LogP contribution is 2.33. The number of benzene rings is 1. The number of carbonyl (C=O) groups is 1. The van der Waals surface area contributed by atoms with Crippen molar-refractivity contribution in [3.05, 3.63) is 35.6 Å². The van der Waals surface area contributed by atoms with Gasteiger partial charge < -0.3 is 15.7 Å². The molecule has 0 bridgehead atoms. The van der Waals surface area contributed by atoms with Crippen LogP contribution in [0.3, 0.4) is 0 Å². The van der Waals surface area contributed by atoms with E-state index in [1.807, 2.05) is 0 Å². The van der Waals surface area contributed by atoms with Crippen molar-refractivity contribution in [1.82, 2.24) is 10.6 Å². The average Bonchev–Trinajstić information content (AvgIpc) is 3.46. The van der Waals surface area contributed by atoms with Gasteiger partial charge in [-0.15, -0.1) is 12.4 Å². The Morgan fingerprint density at radius 2 is 1.89 bits per heavy atom. The number of hydrogen-bond acceptors (Lipinski definition) is 3. The first-order chi connectivity index (χ1) is 12.8. The van der Waals surface area contributed by atoms with E-state index in [0.717, 1.165) is 44.9 Å². The molecule has 4 nitrogen and oxygen atoms in total. The third-order valence-electron chi connectivity index (χ3n) is 5.95. The summed E-state index contributed by atoms with van der Waals surface area (Å²) in [4.78, 5) is 11.9. The maximum Gasteiger partial charge on any atom is 0.223 e. The van der Waals surface area contributed by atoms with Crippen LogP contribution in [0.2, 0.25) is 0 Å². The fraction of sp³-hybridized carbons (Fsp3) is 0.682. The van der Waals surface area contributed by atoms with Gasteiger partial charge in [-0.3, -0.25) is 4.79 Å². The monoisotopic (exact) mass is 412 g/mol. The lowest BCUT2D eigenvalue weighted by Crippen LogP contribution is -2.44. The van der Waals surface area contributed by atoms with E-state index >= 15 is 0 Å². The van der Waals surface area contributed by atoms with E-state index < -0.39 is 6.10 Å². The second kappa shape index (κ2) is 10.0. The van der Waals surface area contributed by atoms with E-state index in [2.05, 4.69) is 24.5 Å². The van der Waals surface area contributed by atoms with Crippen LogP contribution in [0.15, 0.2) is 24.3 Å². The summed E-state index contributed by atoms with van der Waals surface area (Å²) in [7, 11) is 0. The number of rotatable bonds is 8. The van der Waals surface area contributed by atoms with E-state index in [1.165, 1.54) is 12.1 Å². The van der Waals surface area contributed by atoms with Crippen LogP contribution in [0.1, 0.15) is 70.5 Å². The lowest BCUT2D eigenvalue weighted by atomic mass is 9.79. The molecule has 3 rings (SSSR count). The number of carbonyl (C=O) groups excluding carboxylic acids is 1. The normalized spacial score (nSPS) is 23.6. The Morgan fingerprint density at radius 1 is 1.21 bits per heavy atom. The summed E-state index contributed by atoms with van der Waals surface area (Å²) in [5.41, 5.74) is 0.508. The van der Waals surface area contributed by atoms with Crippen molar-refractivity contribution >= 4 is 18.3 Å². The molecule has 0 aliphatic heterocycles. The number of nitrogens with one attached hydrogen (secondary N) is 2. The van der Waals surface area contributed by atoms with E-state index in [1.54, 1.807) is 12.1 Å². The molecule has 2 saturated carbocycles. The van der Waals surface area contributed by atoms with E-state index in [0.29, 0.717) is 24.1 Å². The highest BCUT2D eigenvalue weighted by atomic mass is 35.5. The molecule has 28 heavy (non-hydrogen) atoms. The average molecular weight is 413 g/mol. The first kappa shape index (κ1) is 23.1. The fourth-order valence-electron chi connectivity index (χ4n) is 4.17. The molecular formula is C22H34ClFN2O2. The van der Waals surface area contributed by atoms with Gasteiger partial charge in [0.05, 0.1) is 6.10 Å². The summed E-state index contributed by atoms with van der Waals surface area (Å²) in [6.07, 6.45) is 6.82. The summed E-state index contributed by atoms with van der Waals surface area (Å²) in [5, 5.41) is 17.0. The molecule has 1 atom stereocenters. The van der Waals surface area contributed by atoms with Crippen LogP contribution in [-0.4, -0.2) is 29.1 Å². The Balaban J connectivity index is 0.00000280. The molecule has 2 fully saturated rings. The molecule has 0 saturated heterocycles. The van der Waals surface area contributed by atoms with Gasteiger partial charge in [0, 0.05) is 24.0 Å². The van der Waals surface area contributed by atoms with Crippen LogP contribution >= 0.6 is 12.4 Å². The van der Waals surface area contributed by atoms with Crippen LogP contribution in [0.25, 0.3) is 0 Å². The quantitative estimate of drug-likeness (QED) is 0.601. The van der Waals surface area contributed by atoms with Crippen molar-refractivity contribution in [2.24, 2.45) is 11.8 Å². The van der Waals surface area contributed by atoms with E-state index in [9.17, 15) is 14.3 Å². The standard InChI is InChI=1S/C22H33FN2O2.ClH/c1-22(2,24-14-20(26)17-4-3-5-18(23)12-17)13-15-6-10-19(11-7-15)25-21(27)16-8-9-16;/h3-5,12,15-16,19-20,24,26H,6-11,13-14H2,1-2H3,(H,25,27);1H/t15?,19?,20-;/m0./s1. The summed E-state index contributed by atoms with van der Waals surface area (Å²) in [5.74, 6) is 0.853. The first-order valence-electron chi connectivity index (χ1n) is 10.3. The minimum absolute atomic E-state index is 0. The SMILES string of the molecule is CC(C)(CC1CCC(NC(=O)C2CC2)CC1)NC[C@H](O)c1cccc(F)c1.Cl.